The molecule has 7 N–H and O–H groups in total. The fraction of sp³-hybridized carbons (Fsp3) is 0.891. The first kappa shape index (κ1) is 52.6. The van der Waals surface area contributed by atoms with Gasteiger partial charge in [0.1, 0.15) is 30.5 Å². The molecule has 10 nitrogen and oxygen atoms in total. The van der Waals surface area contributed by atoms with E-state index in [2.05, 4.69) is 31.3 Å². The van der Waals surface area contributed by atoms with Gasteiger partial charge in [0.05, 0.1) is 25.4 Å². The standard InChI is InChI=1S/C46H87NO9/c1-3-5-7-9-11-13-15-16-17-18-19-20-21-22-23-25-27-29-31-33-35-40(50)45(54)47-38(37-55-46-44(53)43(52)42(51)41(36-48)56-46)39(49)34-32-30-28-26-24-14-12-10-8-6-4-2/h24,26,32,34,38-44,46,48-53H,3-23,25,27-31,33,35-37H2,1-2H3,(H,47,54). The summed E-state index contributed by atoms with van der Waals surface area (Å²) in [6.45, 7) is 3.56. The second kappa shape index (κ2) is 36.7. The summed E-state index contributed by atoms with van der Waals surface area (Å²) in [5, 5.41) is 64.5. The Bertz CT molecular complexity index is 948. The summed E-state index contributed by atoms with van der Waals surface area (Å²) >= 11 is 0. The third kappa shape index (κ3) is 26.6. The van der Waals surface area contributed by atoms with Gasteiger partial charge in [-0.25, -0.2) is 0 Å². The van der Waals surface area contributed by atoms with Crippen LogP contribution in [0.2, 0.25) is 0 Å². The van der Waals surface area contributed by atoms with Gasteiger partial charge in [0.15, 0.2) is 6.29 Å². The van der Waals surface area contributed by atoms with Crippen molar-refractivity contribution >= 4 is 5.91 Å². The van der Waals surface area contributed by atoms with Gasteiger partial charge in [-0.3, -0.25) is 4.79 Å². The molecular weight excluding hydrogens is 711 g/mol. The Morgan fingerprint density at radius 1 is 0.607 bits per heavy atom. The van der Waals surface area contributed by atoms with Gasteiger partial charge in [-0.1, -0.05) is 192 Å². The Kier molecular flexibility index (Phi) is 34.5. The molecule has 0 saturated carbocycles. The van der Waals surface area contributed by atoms with Gasteiger partial charge >= 0.3 is 0 Å². The maximum absolute atomic E-state index is 13.0. The van der Waals surface area contributed by atoms with Crippen LogP contribution in [0.25, 0.3) is 0 Å². The molecule has 1 amide bonds. The van der Waals surface area contributed by atoms with Gasteiger partial charge < -0.3 is 45.4 Å². The molecule has 1 aliphatic rings. The summed E-state index contributed by atoms with van der Waals surface area (Å²) in [6.07, 6.45) is 32.8. The third-order valence-corrected chi connectivity index (χ3v) is 11.1. The number of carbonyl (C=O) groups excluding carboxylic acids is 1. The fourth-order valence-corrected chi connectivity index (χ4v) is 7.30. The van der Waals surface area contributed by atoms with Crippen molar-refractivity contribution in [1.82, 2.24) is 5.32 Å². The number of carbonyl (C=O) groups is 1. The molecule has 1 aliphatic heterocycles. The molecule has 10 heteroatoms. The largest absolute Gasteiger partial charge is 0.394 e. The Labute approximate surface area is 341 Å². The smallest absolute Gasteiger partial charge is 0.249 e. The Morgan fingerprint density at radius 3 is 1.55 bits per heavy atom. The second-order valence-corrected chi connectivity index (χ2v) is 16.3. The van der Waals surface area contributed by atoms with Crippen molar-refractivity contribution in [2.24, 2.45) is 0 Å². The fourth-order valence-electron chi connectivity index (χ4n) is 7.30. The summed E-state index contributed by atoms with van der Waals surface area (Å²) in [5.74, 6) is -0.625. The van der Waals surface area contributed by atoms with E-state index in [9.17, 15) is 35.4 Å². The molecule has 1 rings (SSSR count). The lowest BCUT2D eigenvalue weighted by Crippen LogP contribution is -2.60. The summed E-state index contributed by atoms with van der Waals surface area (Å²) in [4.78, 5) is 13.0. The first-order valence-electron chi connectivity index (χ1n) is 23.2. The number of allylic oxidation sites excluding steroid dienone is 3. The molecular formula is C46H87NO9. The maximum atomic E-state index is 13.0. The number of nitrogens with one attached hydrogen (secondary N) is 1. The first-order valence-corrected chi connectivity index (χ1v) is 23.2. The van der Waals surface area contributed by atoms with Gasteiger partial charge in [-0.2, -0.15) is 0 Å². The number of unbranched alkanes of at least 4 members (excludes halogenated alkanes) is 25. The van der Waals surface area contributed by atoms with Gasteiger partial charge in [-0.15, -0.1) is 0 Å². The van der Waals surface area contributed by atoms with Crippen LogP contribution in [-0.2, 0) is 14.3 Å². The normalized spacial score (nSPS) is 21.9. The molecule has 1 saturated heterocycles. The highest BCUT2D eigenvalue weighted by atomic mass is 16.7. The van der Waals surface area contributed by atoms with Crippen LogP contribution in [0.3, 0.4) is 0 Å². The van der Waals surface area contributed by atoms with Crippen molar-refractivity contribution in [2.75, 3.05) is 13.2 Å². The Morgan fingerprint density at radius 2 is 1.05 bits per heavy atom. The topological polar surface area (TPSA) is 169 Å². The summed E-state index contributed by atoms with van der Waals surface area (Å²) < 4.78 is 11.1. The molecule has 0 aromatic carbocycles. The molecule has 330 valence electrons. The van der Waals surface area contributed by atoms with E-state index in [-0.39, 0.29) is 6.61 Å². The van der Waals surface area contributed by atoms with Crippen molar-refractivity contribution in [3.8, 4) is 0 Å². The van der Waals surface area contributed by atoms with Crippen molar-refractivity contribution in [2.45, 2.75) is 249 Å². The zero-order valence-electron chi connectivity index (χ0n) is 35.8. The van der Waals surface area contributed by atoms with E-state index in [0.29, 0.717) is 19.3 Å². The van der Waals surface area contributed by atoms with Crippen LogP contribution in [0, 0.1) is 0 Å². The average molecular weight is 798 g/mol. The monoisotopic (exact) mass is 798 g/mol. The van der Waals surface area contributed by atoms with Crippen LogP contribution < -0.4 is 5.32 Å². The SMILES string of the molecule is CCCCCCCC=CCCC=CC(O)C(COC1OC(CO)C(O)C(O)C1O)NC(=O)C(O)CCCCCCCCCCCCCCCCCCCCCC. The lowest BCUT2D eigenvalue weighted by atomic mass is 9.99. The number of hydrogen-bond acceptors (Lipinski definition) is 9. The number of amides is 1. The zero-order valence-corrected chi connectivity index (χ0v) is 35.8. The quantitative estimate of drug-likeness (QED) is 0.0239. The first-order chi connectivity index (χ1) is 27.3. The lowest BCUT2D eigenvalue weighted by Gasteiger charge is -2.40. The van der Waals surface area contributed by atoms with E-state index in [0.717, 1.165) is 32.1 Å². The molecule has 0 aliphatic carbocycles. The van der Waals surface area contributed by atoms with Gasteiger partial charge in [-0.05, 0) is 32.1 Å². The molecule has 0 aromatic heterocycles. The van der Waals surface area contributed by atoms with Crippen LogP contribution in [-0.4, -0.2) is 98.7 Å². The minimum Gasteiger partial charge on any atom is -0.394 e. The van der Waals surface area contributed by atoms with E-state index in [1.165, 1.54) is 135 Å². The van der Waals surface area contributed by atoms with Crippen LogP contribution in [0.4, 0.5) is 0 Å². The van der Waals surface area contributed by atoms with Gasteiger partial charge in [0, 0.05) is 0 Å². The number of rotatable bonds is 38. The molecule has 1 heterocycles. The molecule has 0 aromatic rings. The van der Waals surface area contributed by atoms with Gasteiger partial charge in [0.2, 0.25) is 5.91 Å². The van der Waals surface area contributed by atoms with E-state index in [4.69, 9.17) is 9.47 Å². The predicted octanol–water partition coefficient (Wildman–Crippen LogP) is 8.47. The minimum absolute atomic E-state index is 0.307. The van der Waals surface area contributed by atoms with E-state index < -0.39 is 61.5 Å². The van der Waals surface area contributed by atoms with Crippen molar-refractivity contribution in [3.63, 3.8) is 0 Å². The second-order valence-electron chi connectivity index (χ2n) is 16.3. The van der Waals surface area contributed by atoms with Crippen molar-refractivity contribution in [3.05, 3.63) is 24.3 Å². The highest BCUT2D eigenvalue weighted by Gasteiger charge is 2.44. The lowest BCUT2D eigenvalue weighted by molar-refractivity contribution is -0.302. The Balaban J connectivity index is 2.36. The van der Waals surface area contributed by atoms with E-state index in [1.54, 1.807) is 6.08 Å². The number of aliphatic hydroxyl groups is 6. The predicted molar refractivity (Wildman–Crippen MR) is 227 cm³/mol. The zero-order chi connectivity index (χ0) is 41.1. The molecule has 0 bridgehead atoms. The number of hydrogen-bond donors (Lipinski definition) is 7. The summed E-state index contributed by atoms with van der Waals surface area (Å²) in [7, 11) is 0. The number of aliphatic hydroxyl groups excluding tert-OH is 6. The van der Waals surface area contributed by atoms with E-state index >= 15 is 0 Å². The molecule has 0 radical (unpaired) electrons. The van der Waals surface area contributed by atoms with Crippen LogP contribution >= 0.6 is 0 Å². The highest BCUT2D eigenvalue weighted by Crippen LogP contribution is 2.23. The molecule has 8 atom stereocenters. The summed E-state index contributed by atoms with van der Waals surface area (Å²) in [6, 6.07) is -0.991. The average Bonchev–Trinajstić information content (AvgIpc) is 3.20. The molecule has 8 unspecified atom stereocenters. The Hall–Kier alpha value is -1.37. The molecule has 56 heavy (non-hydrogen) atoms. The highest BCUT2D eigenvalue weighted by molar-refractivity contribution is 5.80. The van der Waals surface area contributed by atoms with E-state index in [1.807, 2.05) is 6.08 Å². The molecule has 1 fully saturated rings. The number of ether oxygens (including phenoxy) is 2. The molecule has 0 spiro atoms. The van der Waals surface area contributed by atoms with Crippen molar-refractivity contribution in [1.29, 1.82) is 0 Å². The van der Waals surface area contributed by atoms with Crippen LogP contribution in [0.5, 0.6) is 0 Å². The third-order valence-electron chi connectivity index (χ3n) is 11.1. The maximum Gasteiger partial charge on any atom is 0.249 e. The minimum atomic E-state index is -1.61. The van der Waals surface area contributed by atoms with Crippen LogP contribution in [0.1, 0.15) is 200 Å². The summed E-state index contributed by atoms with van der Waals surface area (Å²) in [5.41, 5.74) is 0. The van der Waals surface area contributed by atoms with Crippen molar-refractivity contribution < 1.29 is 44.9 Å². The van der Waals surface area contributed by atoms with Gasteiger partial charge in [0.25, 0.3) is 0 Å². The van der Waals surface area contributed by atoms with Crippen LogP contribution in [0.15, 0.2) is 24.3 Å².